The molecule has 0 bridgehead atoms. The zero-order valence-corrected chi connectivity index (χ0v) is 42.7. The molecule has 5 aromatic rings. The topological polar surface area (TPSA) is 65.0 Å². The van der Waals surface area contributed by atoms with Gasteiger partial charge in [-0.15, -0.1) is 0 Å². The van der Waals surface area contributed by atoms with Crippen molar-refractivity contribution in [1.29, 1.82) is 0 Å². The third kappa shape index (κ3) is 14.2. The van der Waals surface area contributed by atoms with Crippen molar-refractivity contribution < 1.29 is 23.5 Å². The highest BCUT2D eigenvalue weighted by Gasteiger charge is 2.51. The minimum absolute atomic E-state index is 0.0154. The van der Waals surface area contributed by atoms with Gasteiger partial charge in [0, 0.05) is 26.1 Å². The maximum Gasteiger partial charge on any atom is 0.338 e. The highest BCUT2D eigenvalue weighted by molar-refractivity contribution is 9.12. The van der Waals surface area contributed by atoms with Gasteiger partial charge in [-0.2, -0.15) is 0 Å². The molecule has 0 saturated heterocycles. The van der Waals surface area contributed by atoms with Crippen LogP contribution in [-0.4, -0.2) is 53.1 Å². The average Bonchev–Trinajstić information content (AvgIpc) is 3.24. The summed E-state index contributed by atoms with van der Waals surface area (Å²) in [6.07, 6.45) is 3.52. The van der Waals surface area contributed by atoms with Crippen molar-refractivity contribution in [1.82, 2.24) is 0 Å². The van der Waals surface area contributed by atoms with Crippen LogP contribution in [0, 0.1) is 0 Å². The van der Waals surface area contributed by atoms with E-state index in [0.29, 0.717) is 44.5 Å². The summed E-state index contributed by atoms with van der Waals surface area (Å²) in [5.74, 6) is -0.308. The molecule has 0 unspecified atom stereocenters. The molecule has 0 aliphatic carbocycles. The number of halogens is 2. The monoisotopic (exact) mass is 996 g/mol. The lowest BCUT2D eigenvalue weighted by Crippen LogP contribution is -2.66. The maximum atomic E-state index is 12.6. The van der Waals surface area contributed by atoms with Gasteiger partial charge in [-0.1, -0.05) is 226 Å². The van der Waals surface area contributed by atoms with Crippen LogP contribution in [0.4, 0.5) is 0 Å². The fourth-order valence-electron chi connectivity index (χ4n) is 8.20. The van der Waals surface area contributed by atoms with Crippen molar-refractivity contribution >= 4 is 75.2 Å². The van der Waals surface area contributed by atoms with E-state index in [1.54, 1.807) is 12.1 Å². The van der Waals surface area contributed by atoms with Crippen molar-refractivity contribution in [3.63, 3.8) is 0 Å². The molecule has 0 aliphatic heterocycles. The van der Waals surface area contributed by atoms with Gasteiger partial charge in [0.2, 0.25) is 0 Å². The molecule has 9 heteroatoms. The molecule has 62 heavy (non-hydrogen) atoms. The van der Waals surface area contributed by atoms with Crippen LogP contribution in [0.15, 0.2) is 174 Å². The van der Waals surface area contributed by atoms with Gasteiger partial charge in [-0.05, 0) is 77.6 Å². The quantitative estimate of drug-likeness (QED) is 0.0478. The summed E-state index contributed by atoms with van der Waals surface area (Å²) in [5, 5.41) is 15.1. The number of rotatable bonds is 20. The molecule has 0 spiro atoms. The normalized spacial score (nSPS) is 13.0. The number of aliphatic hydroxyl groups is 1. The second kappa shape index (κ2) is 24.4. The first kappa shape index (κ1) is 51.0. The summed E-state index contributed by atoms with van der Waals surface area (Å²) in [6, 6.07) is 51.7. The van der Waals surface area contributed by atoms with Gasteiger partial charge < -0.3 is 18.7 Å². The molecule has 2 atom stereocenters. The molecule has 0 heterocycles. The maximum absolute atomic E-state index is 12.6. The molecule has 5 aromatic carbocycles. The van der Waals surface area contributed by atoms with Crippen LogP contribution in [0.25, 0.3) is 0 Å². The van der Waals surface area contributed by atoms with E-state index in [9.17, 15) is 9.90 Å². The third-order valence-corrected chi connectivity index (χ3v) is 21.7. The summed E-state index contributed by atoms with van der Waals surface area (Å²) >= 11 is 6.76. The first-order chi connectivity index (χ1) is 29.5. The van der Waals surface area contributed by atoms with E-state index in [-0.39, 0.29) is 28.3 Å². The first-order valence-electron chi connectivity index (χ1n) is 21.6. The van der Waals surface area contributed by atoms with Crippen molar-refractivity contribution in [2.45, 2.75) is 102 Å². The Morgan fingerprint density at radius 2 is 0.871 bits per heavy atom. The molecular formula is C53H66Br2O5Si2. The number of hydrogen-bond donors (Lipinski definition) is 1. The molecule has 0 saturated carbocycles. The molecule has 0 fully saturated rings. The summed E-state index contributed by atoms with van der Waals surface area (Å²) in [6.45, 7) is 22.7. The largest absolute Gasteiger partial charge is 0.458 e. The zero-order chi connectivity index (χ0) is 45.2. The second-order valence-corrected chi connectivity index (χ2v) is 28.7. The van der Waals surface area contributed by atoms with E-state index < -0.39 is 16.6 Å². The Kier molecular flexibility index (Phi) is 20.1. The standard InChI is InChI=1S/C30H35BrO3Si.C23H31BrO2Si/c1-24(31)23-26(34-29(32)25-15-8-5-9-16-25)17-14-22-33-35(30(2,3)4,27-18-10-6-11-19-27)28-20-12-7-13-21-28;1-19(24)18-20(25)12-11-17-26-27(23(2,3)4,21-13-7-5-8-14-21)22-15-9-6-10-16-22/h5-13,15-16,18-21,26H,1,14,17,22-23H2,2-4H3;5-10,13-16,20,25H,1,11-12,17-18H2,2-4H3/t26-;20-/m10/s1. The van der Waals surface area contributed by atoms with E-state index in [0.717, 1.165) is 21.8 Å². The minimum Gasteiger partial charge on any atom is -0.458 e. The second-order valence-electron chi connectivity index (χ2n) is 17.8. The van der Waals surface area contributed by atoms with Gasteiger partial charge in [-0.3, -0.25) is 0 Å². The Morgan fingerprint density at radius 1 is 0.548 bits per heavy atom. The van der Waals surface area contributed by atoms with Crippen LogP contribution in [0.3, 0.4) is 0 Å². The number of esters is 1. The Morgan fingerprint density at radius 3 is 1.19 bits per heavy atom. The van der Waals surface area contributed by atoms with Gasteiger partial charge in [0.25, 0.3) is 16.6 Å². The molecule has 5 rings (SSSR count). The van der Waals surface area contributed by atoms with E-state index in [1.807, 2.05) is 18.2 Å². The summed E-state index contributed by atoms with van der Waals surface area (Å²) in [5.41, 5.74) is 0.557. The van der Waals surface area contributed by atoms with Crippen molar-refractivity contribution in [3.8, 4) is 0 Å². The number of hydrogen-bond acceptors (Lipinski definition) is 5. The smallest absolute Gasteiger partial charge is 0.338 e. The summed E-state index contributed by atoms with van der Waals surface area (Å²) < 4.78 is 21.3. The first-order valence-corrected chi connectivity index (χ1v) is 27.0. The SMILES string of the molecule is C=C(Br)C[C@@H](CCCO[Si](c1ccccc1)(c1ccccc1)C(C)(C)C)OC(=O)c1ccccc1.C=C(Br)C[C@@H](O)CCCO[Si](c1ccccc1)(c1ccccc1)C(C)(C)C. The van der Waals surface area contributed by atoms with Crippen LogP contribution < -0.4 is 20.7 Å². The summed E-state index contributed by atoms with van der Waals surface area (Å²) in [4.78, 5) is 12.6. The predicted octanol–water partition coefficient (Wildman–Crippen LogP) is 11.9. The highest BCUT2D eigenvalue weighted by atomic mass is 79.9. The fraction of sp³-hybridized carbons (Fsp3) is 0.340. The Hall–Kier alpha value is -3.68. The molecule has 5 nitrogen and oxygen atoms in total. The molecule has 0 aromatic heterocycles. The molecule has 0 radical (unpaired) electrons. The van der Waals surface area contributed by atoms with Gasteiger partial charge in [0.15, 0.2) is 0 Å². The lowest BCUT2D eigenvalue weighted by atomic mass is 10.1. The predicted molar refractivity (Wildman–Crippen MR) is 273 cm³/mol. The fourth-order valence-corrected chi connectivity index (χ4v) is 18.2. The van der Waals surface area contributed by atoms with Crippen molar-refractivity contribution in [2.24, 2.45) is 0 Å². The van der Waals surface area contributed by atoms with E-state index in [2.05, 4.69) is 208 Å². The molecule has 0 aliphatic rings. The van der Waals surface area contributed by atoms with Crippen LogP contribution in [0.1, 0.15) is 90.4 Å². The lowest BCUT2D eigenvalue weighted by Gasteiger charge is -2.43. The van der Waals surface area contributed by atoms with Crippen LogP contribution in [-0.2, 0) is 13.6 Å². The van der Waals surface area contributed by atoms with Gasteiger partial charge in [0.1, 0.15) is 6.10 Å². The van der Waals surface area contributed by atoms with E-state index >= 15 is 0 Å². The van der Waals surface area contributed by atoms with Crippen molar-refractivity contribution in [2.75, 3.05) is 13.2 Å². The number of ether oxygens (including phenoxy) is 1. The zero-order valence-electron chi connectivity index (χ0n) is 37.5. The van der Waals surface area contributed by atoms with Gasteiger partial charge in [-0.25, -0.2) is 4.79 Å². The van der Waals surface area contributed by atoms with Crippen molar-refractivity contribution in [3.05, 3.63) is 179 Å². The van der Waals surface area contributed by atoms with Gasteiger partial charge in [0.05, 0.1) is 11.7 Å². The van der Waals surface area contributed by atoms with Crippen LogP contribution in [0.5, 0.6) is 0 Å². The van der Waals surface area contributed by atoms with Crippen LogP contribution in [0.2, 0.25) is 10.1 Å². The highest BCUT2D eigenvalue weighted by Crippen LogP contribution is 2.38. The third-order valence-electron chi connectivity index (χ3n) is 11.0. The number of carbonyl (C=O) groups excluding carboxylic acids is 1. The Bertz CT molecular complexity index is 2010. The van der Waals surface area contributed by atoms with Crippen LogP contribution >= 0.6 is 31.9 Å². The lowest BCUT2D eigenvalue weighted by molar-refractivity contribution is 0.0274. The minimum atomic E-state index is -2.57. The Labute approximate surface area is 391 Å². The number of aliphatic hydroxyl groups excluding tert-OH is 1. The number of carbonyl (C=O) groups is 1. The molecule has 330 valence electrons. The van der Waals surface area contributed by atoms with E-state index in [4.69, 9.17) is 13.6 Å². The summed E-state index contributed by atoms with van der Waals surface area (Å²) in [7, 11) is -5.03. The number of benzene rings is 5. The molecule has 1 N–H and O–H groups in total. The average molecular weight is 999 g/mol. The van der Waals surface area contributed by atoms with E-state index in [1.165, 1.54) is 20.7 Å². The molecular weight excluding hydrogens is 933 g/mol. The Balaban J connectivity index is 0.000000282. The molecule has 0 amide bonds. The van der Waals surface area contributed by atoms with Gasteiger partial charge >= 0.3 is 5.97 Å².